The second-order valence-corrected chi connectivity index (χ2v) is 19.0. The molecule has 8 rings (SSSR count). The number of rotatable bonds is 8. The first-order valence-electron chi connectivity index (χ1n) is 19.4. The Balaban J connectivity index is 1.59. The highest BCUT2D eigenvalue weighted by Gasteiger charge is 2.44. The summed E-state index contributed by atoms with van der Waals surface area (Å²) in [5, 5.41) is -1.61. The van der Waals surface area contributed by atoms with Crippen molar-refractivity contribution in [1.82, 2.24) is 0 Å². The van der Waals surface area contributed by atoms with E-state index < -0.39 is 184 Å². The van der Waals surface area contributed by atoms with Gasteiger partial charge in [0.25, 0.3) is 0 Å². The summed E-state index contributed by atoms with van der Waals surface area (Å²) in [5.41, 5.74) is -10.5. The minimum atomic E-state index is -5.20. The molecule has 0 fully saturated rings. The van der Waals surface area contributed by atoms with E-state index in [2.05, 4.69) is 0 Å². The smallest absolute Gasteiger partial charge is 0.200 e. The lowest BCUT2D eigenvalue weighted by molar-refractivity contribution is 0.381. The van der Waals surface area contributed by atoms with Gasteiger partial charge >= 0.3 is 0 Å². The monoisotopic (exact) mass is 996 g/mol. The van der Waals surface area contributed by atoms with Crippen molar-refractivity contribution in [3.8, 4) is 44.5 Å². The van der Waals surface area contributed by atoms with Gasteiger partial charge in [-0.15, -0.1) is 0 Å². The molecule has 20 heteroatoms. The minimum absolute atomic E-state index is 0.376. The van der Waals surface area contributed by atoms with Crippen LogP contribution < -0.4 is 20.7 Å². The van der Waals surface area contributed by atoms with Crippen LogP contribution >= 0.6 is 0 Å². The Kier molecular flexibility index (Phi) is 12.3. The lowest BCUT2D eigenvalue weighted by Gasteiger charge is -2.36. The van der Waals surface area contributed by atoms with Crippen LogP contribution in [0.15, 0.2) is 97.1 Å². The van der Waals surface area contributed by atoms with Crippen molar-refractivity contribution in [1.29, 1.82) is 0 Å². The average Bonchev–Trinajstić information content (AvgIpc) is 3.35. The van der Waals surface area contributed by atoms with Crippen LogP contribution in [0.5, 0.6) is 0 Å². The van der Waals surface area contributed by atoms with E-state index in [4.69, 9.17) is 0 Å². The Morgan fingerprint density at radius 2 is 0.406 bits per heavy atom. The predicted molar refractivity (Wildman–Crippen MR) is 216 cm³/mol. The van der Waals surface area contributed by atoms with Crippen molar-refractivity contribution in [3.63, 3.8) is 0 Å². The highest BCUT2D eigenvalue weighted by atomic mass is 28.3. The number of hydrogen-bond acceptors (Lipinski definition) is 0. The summed E-state index contributed by atoms with van der Waals surface area (Å²) in [6, 6.07) is 14.6. The van der Waals surface area contributed by atoms with E-state index in [1.165, 1.54) is 0 Å². The average molecular weight is 997 g/mol. The van der Waals surface area contributed by atoms with Gasteiger partial charge in [-0.1, -0.05) is 97.1 Å². The fraction of sp³-hybridized carbons (Fsp3) is 0.0204. The van der Waals surface area contributed by atoms with E-state index in [0.29, 0.717) is 6.92 Å². The molecule has 0 bridgehead atoms. The van der Waals surface area contributed by atoms with Crippen molar-refractivity contribution in [2.24, 2.45) is 0 Å². The Bertz CT molecular complexity index is 2900. The van der Waals surface area contributed by atoms with Crippen LogP contribution in [0.25, 0.3) is 44.5 Å². The van der Waals surface area contributed by atoms with Gasteiger partial charge in [0, 0.05) is 5.56 Å². The maximum absolute atomic E-state index is 15.8. The van der Waals surface area contributed by atoms with E-state index >= 15 is 43.9 Å². The lowest BCUT2D eigenvalue weighted by Crippen LogP contribution is -2.74. The number of benzene rings is 8. The van der Waals surface area contributed by atoms with E-state index in [-0.39, 0.29) is 5.19 Å². The molecule has 0 unspecified atom stereocenters. The van der Waals surface area contributed by atoms with Crippen LogP contribution in [0.2, 0.25) is 0 Å². The fourth-order valence-corrected chi connectivity index (χ4v) is 13.1. The Hall–Kier alpha value is -7.35. The number of hydrogen-bond donors (Lipinski definition) is 0. The summed E-state index contributed by atoms with van der Waals surface area (Å²) in [6.45, 7) is 0.696. The van der Waals surface area contributed by atoms with Crippen molar-refractivity contribution < 1.29 is 83.4 Å². The first-order valence-corrected chi connectivity index (χ1v) is 21.4. The molecule has 0 spiro atoms. The molecule has 0 aliphatic heterocycles. The van der Waals surface area contributed by atoms with E-state index in [1.807, 2.05) is 0 Å². The molecule has 0 aliphatic carbocycles. The van der Waals surface area contributed by atoms with Gasteiger partial charge in [-0.25, -0.2) is 83.4 Å². The van der Waals surface area contributed by atoms with Crippen LogP contribution in [-0.4, -0.2) is 8.07 Å². The summed E-state index contributed by atoms with van der Waals surface area (Å²) >= 11 is 0. The van der Waals surface area contributed by atoms with Gasteiger partial charge in [0.1, 0.15) is 0 Å². The summed E-state index contributed by atoms with van der Waals surface area (Å²) in [5.74, 6) is -44.4. The molecule has 0 aliphatic rings. The Labute approximate surface area is 376 Å². The second-order valence-electron chi connectivity index (χ2n) is 15.2. The largest absolute Gasteiger partial charge is 0.203 e. The van der Waals surface area contributed by atoms with Gasteiger partial charge in [0.15, 0.2) is 101 Å². The summed E-state index contributed by atoms with van der Waals surface area (Å²) < 4.78 is 286. The third kappa shape index (κ3) is 7.33. The van der Waals surface area contributed by atoms with Crippen LogP contribution in [0.1, 0.15) is 5.56 Å². The van der Waals surface area contributed by atoms with Crippen LogP contribution in [0.4, 0.5) is 83.4 Å². The first kappa shape index (κ1) is 48.1. The van der Waals surface area contributed by atoms with E-state index in [1.54, 1.807) is 0 Å². The van der Waals surface area contributed by atoms with Crippen molar-refractivity contribution in [2.45, 2.75) is 6.92 Å². The Morgan fingerprint density at radius 1 is 0.232 bits per heavy atom. The molecule has 8 aromatic carbocycles. The third-order valence-electron chi connectivity index (χ3n) is 11.4. The fourth-order valence-electron chi connectivity index (χ4n) is 8.20. The molecule has 0 N–H and O–H groups in total. The molecule has 0 radical (unpaired) electrons. The number of halogens is 19. The highest BCUT2D eigenvalue weighted by Crippen LogP contribution is 2.37. The zero-order valence-corrected chi connectivity index (χ0v) is 34.9. The summed E-state index contributed by atoms with van der Waals surface area (Å²) in [4.78, 5) is 0. The van der Waals surface area contributed by atoms with Crippen LogP contribution in [-0.2, 0) is 0 Å². The van der Waals surface area contributed by atoms with Crippen LogP contribution in [0.3, 0.4) is 0 Å². The van der Waals surface area contributed by atoms with Gasteiger partial charge in [-0.05, 0) is 49.9 Å². The van der Waals surface area contributed by atoms with E-state index in [0.717, 1.165) is 97.1 Å². The topological polar surface area (TPSA) is 0 Å². The molecule has 69 heavy (non-hydrogen) atoms. The molecule has 0 amide bonds. The molecule has 0 saturated carbocycles. The van der Waals surface area contributed by atoms with Gasteiger partial charge in [0.05, 0.1) is 22.3 Å². The summed E-state index contributed by atoms with van der Waals surface area (Å²) in [7, 11) is -5.20. The quantitative estimate of drug-likeness (QED) is 0.0468. The second kappa shape index (κ2) is 17.6. The maximum atomic E-state index is 15.8. The van der Waals surface area contributed by atoms with Crippen molar-refractivity contribution >= 4 is 28.8 Å². The molecular weight excluding hydrogens is 978 g/mol. The molecule has 0 aromatic heterocycles. The first-order chi connectivity index (χ1) is 32.6. The normalized spacial score (nSPS) is 11.8. The van der Waals surface area contributed by atoms with Gasteiger partial charge < -0.3 is 0 Å². The van der Waals surface area contributed by atoms with Crippen molar-refractivity contribution in [3.05, 3.63) is 213 Å². The minimum Gasteiger partial charge on any atom is -0.203 e. The molecule has 0 saturated heterocycles. The SMILES string of the molecule is Cc1c(F)c(F)c(-c2cccc([Si](c3cccc(-c4c(F)c(F)c(F)c(F)c4F)c3)(c3cccc(-c4c(F)c(F)c(F)c(F)c4F)c3)c3cccc(-c4c(F)c(F)c(F)c(F)c4F)c3)c2)c(F)c1F. The zero-order valence-electron chi connectivity index (χ0n) is 33.9. The standard InChI is InChI=1S/C49H19F19Si/c1-18-31(50)33(52)27(34(53)32(18)51)19-6-2-10-23(14-19)69(24-11-3-7-20(15-24)28-35(54)41(60)47(66)42(61)36(28)55,25-12-4-8-21(16-25)29-37(56)43(62)48(67)44(63)38(29)57)26-13-5-9-22(17-26)30-39(58)45(64)49(68)46(65)40(30)59/h2-17H,1H3. The van der Waals surface area contributed by atoms with Gasteiger partial charge in [-0.3, -0.25) is 0 Å². The molecule has 352 valence electrons. The molecular formula is C49H19F19Si. The molecule has 8 aromatic rings. The summed E-state index contributed by atoms with van der Waals surface area (Å²) in [6.07, 6.45) is 0. The molecule has 0 atom stereocenters. The molecule has 0 heterocycles. The van der Waals surface area contributed by atoms with E-state index in [9.17, 15) is 39.5 Å². The van der Waals surface area contributed by atoms with Gasteiger partial charge in [0.2, 0.25) is 17.5 Å². The molecule has 0 nitrogen and oxygen atoms in total. The van der Waals surface area contributed by atoms with Crippen molar-refractivity contribution in [2.75, 3.05) is 0 Å². The predicted octanol–water partition coefficient (Wildman–Crippen LogP) is 12.7. The Morgan fingerprint density at radius 3 is 0.609 bits per heavy atom. The van der Waals surface area contributed by atoms with Crippen LogP contribution in [0, 0.1) is 117 Å². The highest BCUT2D eigenvalue weighted by molar-refractivity contribution is 7.20. The zero-order chi connectivity index (χ0) is 50.3. The van der Waals surface area contributed by atoms with Gasteiger partial charge in [-0.2, -0.15) is 0 Å². The lowest BCUT2D eigenvalue weighted by atomic mass is 10.0. The third-order valence-corrected chi connectivity index (χ3v) is 16.2. The maximum Gasteiger partial charge on any atom is 0.200 e.